The number of fused-ring (bicyclic) bond motifs is 1. The minimum atomic E-state index is -0.192. The van der Waals surface area contributed by atoms with Crippen LogP contribution in [0.4, 0.5) is 0 Å². The fourth-order valence-corrected chi connectivity index (χ4v) is 5.96. The molecule has 4 atom stereocenters. The molecule has 4 fully saturated rings. The van der Waals surface area contributed by atoms with Crippen LogP contribution in [0.3, 0.4) is 0 Å². The highest BCUT2D eigenvalue weighted by molar-refractivity contribution is 5.97. The van der Waals surface area contributed by atoms with Crippen LogP contribution in [-0.4, -0.2) is 48.1 Å². The molecule has 28 heavy (non-hydrogen) atoms. The van der Waals surface area contributed by atoms with Gasteiger partial charge in [0.2, 0.25) is 5.91 Å². The van der Waals surface area contributed by atoms with Gasteiger partial charge in [-0.15, -0.1) is 0 Å². The van der Waals surface area contributed by atoms with Gasteiger partial charge < -0.3 is 15.0 Å². The number of carbonyl (C=O) groups excluding carboxylic acids is 2. The Morgan fingerprint density at radius 3 is 2.64 bits per heavy atom. The summed E-state index contributed by atoms with van der Waals surface area (Å²) in [5.74, 6) is 1.22. The maximum absolute atomic E-state index is 13.3. The Labute approximate surface area is 166 Å². The van der Waals surface area contributed by atoms with Gasteiger partial charge in [-0.25, -0.2) is 0 Å². The van der Waals surface area contributed by atoms with E-state index >= 15 is 0 Å². The largest absolute Gasteiger partial charge is 0.369 e. The lowest BCUT2D eigenvalue weighted by Gasteiger charge is -2.30. The number of likely N-dealkylation sites (tertiary alicyclic amines) is 1. The molecule has 150 valence electrons. The first-order chi connectivity index (χ1) is 13.5. The molecule has 1 aromatic carbocycles. The van der Waals surface area contributed by atoms with Gasteiger partial charge >= 0.3 is 0 Å². The summed E-state index contributed by atoms with van der Waals surface area (Å²) in [5, 5.41) is 3.19. The maximum Gasteiger partial charge on any atom is 0.254 e. The molecule has 5 rings (SSSR count). The second kappa shape index (κ2) is 6.58. The molecule has 3 heterocycles. The summed E-state index contributed by atoms with van der Waals surface area (Å²) < 4.78 is 6.46. The third-order valence-corrected chi connectivity index (χ3v) is 7.75. The molecule has 5 heteroatoms. The van der Waals surface area contributed by atoms with Crippen LogP contribution in [0.5, 0.6) is 0 Å². The highest BCUT2D eigenvalue weighted by Gasteiger charge is 2.63. The van der Waals surface area contributed by atoms with E-state index in [-0.39, 0.29) is 29.4 Å². The Kier molecular flexibility index (Phi) is 4.27. The first-order valence-electron chi connectivity index (χ1n) is 10.8. The van der Waals surface area contributed by atoms with Crippen LogP contribution < -0.4 is 5.32 Å². The van der Waals surface area contributed by atoms with Gasteiger partial charge in [0.1, 0.15) is 0 Å². The van der Waals surface area contributed by atoms with Gasteiger partial charge in [-0.1, -0.05) is 24.6 Å². The lowest BCUT2D eigenvalue weighted by molar-refractivity contribution is -0.127. The number of ether oxygens (including phenoxy) is 1. The van der Waals surface area contributed by atoms with Gasteiger partial charge in [0.25, 0.3) is 5.91 Å². The van der Waals surface area contributed by atoms with Crippen molar-refractivity contribution in [2.75, 3.05) is 19.6 Å². The summed E-state index contributed by atoms with van der Waals surface area (Å²) >= 11 is 0. The van der Waals surface area contributed by atoms with Gasteiger partial charge in [-0.3, -0.25) is 9.59 Å². The fourth-order valence-electron chi connectivity index (χ4n) is 5.96. The molecule has 1 N–H and O–H groups in total. The van der Waals surface area contributed by atoms with Crippen molar-refractivity contribution in [1.82, 2.24) is 10.2 Å². The average molecular weight is 383 g/mol. The third kappa shape index (κ3) is 2.70. The van der Waals surface area contributed by atoms with Crippen LogP contribution in [0.2, 0.25) is 0 Å². The summed E-state index contributed by atoms with van der Waals surface area (Å²) in [7, 11) is 0. The molecule has 0 aromatic heterocycles. The predicted octanol–water partition coefficient (Wildman–Crippen LogP) is 2.84. The zero-order valence-electron chi connectivity index (χ0n) is 16.9. The lowest BCUT2D eigenvalue weighted by atomic mass is 9.73. The van der Waals surface area contributed by atoms with E-state index < -0.39 is 0 Å². The molecule has 4 aliphatic rings. The van der Waals surface area contributed by atoms with Gasteiger partial charge in [0.15, 0.2) is 0 Å². The third-order valence-electron chi connectivity index (χ3n) is 7.75. The van der Waals surface area contributed by atoms with Gasteiger partial charge in [-0.2, -0.15) is 0 Å². The van der Waals surface area contributed by atoms with E-state index in [2.05, 4.69) is 5.32 Å². The second-order valence-electron chi connectivity index (χ2n) is 9.36. The first kappa shape index (κ1) is 18.2. The summed E-state index contributed by atoms with van der Waals surface area (Å²) in [5.41, 5.74) is 2.72. The van der Waals surface area contributed by atoms with Crippen LogP contribution in [0, 0.1) is 31.6 Å². The number of nitrogens with one attached hydrogen (secondary N) is 1. The predicted molar refractivity (Wildman–Crippen MR) is 106 cm³/mol. The monoisotopic (exact) mass is 382 g/mol. The Morgan fingerprint density at radius 2 is 1.96 bits per heavy atom. The number of carbonyl (C=O) groups is 2. The summed E-state index contributed by atoms with van der Waals surface area (Å²) in [6.45, 7) is 6.14. The number of rotatable bonds is 4. The van der Waals surface area contributed by atoms with E-state index in [9.17, 15) is 9.59 Å². The van der Waals surface area contributed by atoms with Crippen molar-refractivity contribution in [2.45, 2.75) is 57.7 Å². The number of nitrogens with zero attached hydrogens (tertiary/aromatic N) is 1. The highest BCUT2D eigenvalue weighted by atomic mass is 16.5. The van der Waals surface area contributed by atoms with Crippen molar-refractivity contribution in [3.05, 3.63) is 34.9 Å². The molecule has 3 aliphatic heterocycles. The minimum absolute atomic E-state index is 0.128. The number of aryl methyl sites for hydroxylation is 2. The summed E-state index contributed by atoms with van der Waals surface area (Å²) in [4.78, 5) is 27.6. The molecule has 1 spiro atoms. The Morgan fingerprint density at radius 1 is 1.21 bits per heavy atom. The topological polar surface area (TPSA) is 58.6 Å². The smallest absolute Gasteiger partial charge is 0.254 e. The van der Waals surface area contributed by atoms with E-state index in [1.165, 1.54) is 6.42 Å². The second-order valence-corrected chi connectivity index (χ2v) is 9.36. The molecular formula is C23H30N2O3. The van der Waals surface area contributed by atoms with E-state index in [0.717, 1.165) is 48.9 Å². The van der Waals surface area contributed by atoms with E-state index in [0.29, 0.717) is 24.9 Å². The molecule has 2 amide bonds. The van der Waals surface area contributed by atoms with Crippen molar-refractivity contribution in [3.8, 4) is 0 Å². The van der Waals surface area contributed by atoms with E-state index in [1.54, 1.807) is 0 Å². The molecule has 5 nitrogen and oxygen atoms in total. The number of hydrogen-bond donors (Lipinski definition) is 1. The number of amides is 2. The van der Waals surface area contributed by atoms with Gasteiger partial charge in [-0.05, 0) is 50.7 Å². The molecule has 1 aliphatic carbocycles. The van der Waals surface area contributed by atoms with Crippen LogP contribution in [0.15, 0.2) is 18.2 Å². The first-order valence-corrected chi connectivity index (χ1v) is 10.8. The number of hydrogen-bond acceptors (Lipinski definition) is 3. The van der Waals surface area contributed by atoms with Crippen LogP contribution in [0.1, 0.15) is 53.6 Å². The van der Waals surface area contributed by atoms with Crippen LogP contribution >= 0.6 is 0 Å². The van der Waals surface area contributed by atoms with Crippen molar-refractivity contribution in [1.29, 1.82) is 0 Å². The van der Waals surface area contributed by atoms with Gasteiger partial charge in [0.05, 0.1) is 18.2 Å². The SMILES string of the molecule is Cc1cccc(C)c1C(=O)N1C[C@@H]2[C@H](CNC(=O)C3CCC3)[C@H]3CC[C@]2(C1)O3. The van der Waals surface area contributed by atoms with Crippen molar-refractivity contribution >= 4 is 11.8 Å². The molecule has 2 bridgehead atoms. The zero-order valence-corrected chi connectivity index (χ0v) is 16.9. The Hall–Kier alpha value is -1.88. The Bertz CT molecular complexity index is 798. The Balaban J connectivity index is 1.31. The standard InChI is InChI=1S/C23H30N2O3/c1-14-5-3-6-15(2)20(14)22(27)25-12-18-17(11-24-21(26)16-7-4-8-16)19-9-10-23(18,13-25)28-19/h3,5-6,16-19H,4,7-13H2,1-2H3,(H,24,26)/t17-,18+,19+,23+/m0/s1. The average Bonchev–Trinajstić information content (AvgIpc) is 3.26. The molecule has 1 aromatic rings. The maximum atomic E-state index is 13.3. The molecule has 0 radical (unpaired) electrons. The van der Waals surface area contributed by atoms with Gasteiger partial charge in [0, 0.05) is 36.4 Å². The normalized spacial score (nSPS) is 33.6. The van der Waals surface area contributed by atoms with Crippen LogP contribution in [0.25, 0.3) is 0 Å². The summed E-state index contributed by atoms with van der Waals surface area (Å²) in [6, 6.07) is 6.02. The molecular weight excluding hydrogens is 352 g/mol. The quantitative estimate of drug-likeness (QED) is 0.871. The summed E-state index contributed by atoms with van der Waals surface area (Å²) in [6.07, 6.45) is 5.56. The molecule has 1 saturated carbocycles. The molecule has 3 saturated heterocycles. The minimum Gasteiger partial charge on any atom is -0.369 e. The molecule has 0 unspecified atom stereocenters. The highest BCUT2D eigenvalue weighted by Crippen LogP contribution is 2.54. The van der Waals surface area contributed by atoms with E-state index in [1.807, 2.05) is 36.9 Å². The van der Waals surface area contributed by atoms with Crippen molar-refractivity contribution < 1.29 is 14.3 Å². The van der Waals surface area contributed by atoms with Crippen LogP contribution in [-0.2, 0) is 9.53 Å². The number of benzene rings is 1. The fraction of sp³-hybridized carbons (Fsp3) is 0.652. The van der Waals surface area contributed by atoms with Crippen molar-refractivity contribution in [3.63, 3.8) is 0 Å². The lowest BCUT2D eigenvalue weighted by Crippen LogP contribution is -2.44. The van der Waals surface area contributed by atoms with Crippen molar-refractivity contribution in [2.24, 2.45) is 17.8 Å². The van der Waals surface area contributed by atoms with E-state index in [4.69, 9.17) is 4.74 Å². The zero-order chi connectivity index (χ0) is 19.5.